The third kappa shape index (κ3) is 4.94. The average Bonchev–Trinajstić information content (AvgIpc) is 2.97. The lowest BCUT2D eigenvalue weighted by molar-refractivity contribution is 0.355. The van der Waals surface area contributed by atoms with Gasteiger partial charge in [-0.05, 0) is 56.5 Å². The monoisotopic (exact) mass is 373 g/mol. The summed E-state index contributed by atoms with van der Waals surface area (Å²) in [5.41, 5.74) is 0.924. The van der Waals surface area contributed by atoms with Crippen LogP contribution in [0, 0.1) is 25.7 Å². The van der Waals surface area contributed by atoms with Crippen molar-refractivity contribution in [1.29, 1.82) is 0 Å². The van der Waals surface area contributed by atoms with E-state index in [9.17, 15) is 0 Å². The van der Waals surface area contributed by atoms with Gasteiger partial charge < -0.3 is 20.0 Å². The molecule has 2 atom stereocenters. The molecule has 2 aromatic rings. The number of rotatable bonds is 4. The molecule has 1 fully saturated rings. The summed E-state index contributed by atoms with van der Waals surface area (Å²) < 4.78 is 5.53. The number of anilines is 2. The smallest absolute Gasteiger partial charge is 0.231 e. The number of piperidine rings is 1. The molecule has 140 valence electrons. The van der Waals surface area contributed by atoms with E-state index in [0.29, 0.717) is 29.4 Å². The molecular formula is C19H27N5OS. The first-order valence-electron chi connectivity index (χ1n) is 9.10. The molecule has 1 aliphatic rings. The number of aromatic nitrogens is 2. The number of thiocarbonyl (C=S) groups is 1. The molecule has 0 saturated carbocycles. The van der Waals surface area contributed by atoms with E-state index in [2.05, 4.69) is 39.3 Å². The van der Waals surface area contributed by atoms with Gasteiger partial charge in [0.2, 0.25) is 5.95 Å². The molecule has 6 nitrogen and oxygen atoms in total. The molecule has 0 aliphatic carbocycles. The molecule has 7 heteroatoms. The van der Waals surface area contributed by atoms with E-state index in [1.54, 1.807) is 0 Å². The Labute approximate surface area is 160 Å². The summed E-state index contributed by atoms with van der Waals surface area (Å²) in [6, 6.07) is 5.91. The second-order valence-corrected chi connectivity index (χ2v) is 7.77. The fourth-order valence-electron chi connectivity index (χ4n) is 3.51. The van der Waals surface area contributed by atoms with Crippen molar-refractivity contribution in [2.75, 3.05) is 23.3 Å². The van der Waals surface area contributed by atoms with E-state index >= 15 is 0 Å². The first-order valence-corrected chi connectivity index (χ1v) is 9.50. The van der Waals surface area contributed by atoms with Crippen molar-refractivity contribution in [3.05, 3.63) is 35.4 Å². The minimum absolute atomic E-state index is 0.482. The van der Waals surface area contributed by atoms with Crippen LogP contribution in [0.25, 0.3) is 0 Å². The van der Waals surface area contributed by atoms with Crippen LogP contribution >= 0.6 is 12.2 Å². The number of nitrogens with zero attached hydrogens (tertiary/aromatic N) is 3. The van der Waals surface area contributed by atoms with Gasteiger partial charge in [0, 0.05) is 24.8 Å². The Hall–Kier alpha value is -2.15. The van der Waals surface area contributed by atoms with Gasteiger partial charge in [-0.15, -0.1) is 0 Å². The normalized spacial score (nSPS) is 20.1. The second-order valence-electron chi connectivity index (χ2n) is 7.36. The first-order chi connectivity index (χ1) is 12.4. The number of furan rings is 1. The minimum Gasteiger partial charge on any atom is -0.465 e. The van der Waals surface area contributed by atoms with Gasteiger partial charge in [-0.25, -0.2) is 4.98 Å². The molecule has 0 unspecified atom stereocenters. The molecule has 2 N–H and O–H groups in total. The quantitative estimate of drug-likeness (QED) is 0.793. The Morgan fingerprint density at radius 2 is 1.96 bits per heavy atom. The lowest BCUT2D eigenvalue weighted by Crippen LogP contribution is -2.39. The Morgan fingerprint density at radius 1 is 1.23 bits per heavy atom. The van der Waals surface area contributed by atoms with Crippen LogP contribution in [0.3, 0.4) is 0 Å². The fourth-order valence-corrected chi connectivity index (χ4v) is 3.68. The van der Waals surface area contributed by atoms with Crippen LogP contribution in [0.4, 0.5) is 11.8 Å². The summed E-state index contributed by atoms with van der Waals surface area (Å²) in [7, 11) is 0. The third-order valence-corrected chi connectivity index (χ3v) is 4.72. The van der Waals surface area contributed by atoms with Crippen molar-refractivity contribution in [3.8, 4) is 0 Å². The number of hydrogen-bond donors (Lipinski definition) is 2. The van der Waals surface area contributed by atoms with Gasteiger partial charge >= 0.3 is 0 Å². The van der Waals surface area contributed by atoms with Crippen molar-refractivity contribution in [1.82, 2.24) is 15.3 Å². The summed E-state index contributed by atoms with van der Waals surface area (Å²) in [6.45, 7) is 11.1. The SMILES string of the molecule is Cc1cc(N2C[C@H](C)C[C@@H](C)C2)nc(NC(=S)NCc2ccc(C)o2)n1. The molecule has 0 radical (unpaired) electrons. The van der Waals surface area contributed by atoms with E-state index in [-0.39, 0.29) is 0 Å². The number of aryl methyl sites for hydroxylation is 2. The van der Waals surface area contributed by atoms with E-state index in [1.807, 2.05) is 32.0 Å². The first kappa shape index (κ1) is 18.6. The van der Waals surface area contributed by atoms with Gasteiger partial charge in [0.25, 0.3) is 0 Å². The summed E-state index contributed by atoms with van der Waals surface area (Å²) in [6.07, 6.45) is 1.27. The lowest BCUT2D eigenvalue weighted by atomic mass is 9.92. The maximum Gasteiger partial charge on any atom is 0.231 e. The van der Waals surface area contributed by atoms with E-state index in [1.165, 1.54) is 6.42 Å². The van der Waals surface area contributed by atoms with E-state index in [0.717, 1.165) is 36.1 Å². The Kier molecular flexibility index (Phi) is 5.76. The van der Waals surface area contributed by atoms with Crippen molar-refractivity contribution >= 4 is 29.1 Å². The molecular weight excluding hydrogens is 346 g/mol. The summed E-state index contributed by atoms with van der Waals surface area (Å²) in [5, 5.41) is 6.70. The Morgan fingerprint density at radius 3 is 2.62 bits per heavy atom. The maximum absolute atomic E-state index is 5.53. The Balaban J connectivity index is 1.64. The van der Waals surface area contributed by atoms with Crippen molar-refractivity contribution < 1.29 is 4.42 Å². The fraction of sp³-hybridized carbons (Fsp3) is 0.526. The highest BCUT2D eigenvalue weighted by Gasteiger charge is 2.23. The van der Waals surface area contributed by atoms with Gasteiger partial charge in [-0.1, -0.05) is 13.8 Å². The van der Waals surface area contributed by atoms with Crippen LogP contribution in [0.15, 0.2) is 22.6 Å². The van der Waals surface area contributed by atoms with Gasteiger partial charge in [0.05, 0.1) is 6.54 Å². The lowest BCUT2D eigenvalue weighted by Gasteiger charge is -2.36. The third-order valence-electron chi connectivity index (χ3n) is 4.48. The molecule has 0 bridgehead atoms. The topological polar surface area (TPSA) is 66.2 Å². The van der Waals surface area contributed by atoms with Gasteiger partial charge in [-0.2, -0.15) is 4.98 Å². The molecule has 3 rings (SSSR count). The largest absolute Gasteiger partial charge is 0.465 e. The highest BCUT2D eigenvalue weighted by molar-refractivity contribution is 7.80. The molecule has 0 spiro atoms. The van der Waals surface area contributed by atoms with E-state index < -0.39 is 0 Å². The standard InChI is InChI=1S/C19H27N5OS/c1-12-7-13(2)11-24(10-12)17-8-14(3)21-18(22-17)23-19(26)20-9-16-6-5-15(4)25-16/h5-6,8,12-13H,7,9-11H2,1-4H3,(H2,20,21,22,23,26)/t12-,13-/m1/s1. The van der Waals surface area contributed by atoms with E-state index in [4.69, 9.17) is 16.6 Å². The minimum atomic E-state index is 0.482. The van der Waals surface area contributed by atoms with Gasteiger partial charge in [0.15, 0.2) is 5.11 Å². The zero-order chi connectivity index (χ0) is 18.7. The highest BCUT2D eigenvalue weighted by atomic mass is 32.1. The highest BCUT2D eigenvalue weighted by Crippen LogP contribution is 2.26. The zero-order valence-corrected chi connectivity index (χ0v) is 16.7. The molecule has 0 amide bonds. The predicted octanol–water partition coefficient (Wildman–Crippen LogP) is 3.66. The molecule has 1 saturated heterocycles. The second kappa shape index (κ2) is 8.03. The van der Waals surface area contributed by atoms with Crippen molar-refractivity contribution in [2.24, 2.45) is 11.8 Å². The Bertz CT molecular complexity index is 765. The maximum atomic E-state index is 5.53. The predicted molar refractivity (Wildman–Crippen MR) is 108 cm³/mol. The average molecular weight is 374 g/mol. The van der Waals surface area contributed by atoms with Crippen LogP contribution in [0.2, 0.25) is 0 Å². The van der Waals surface area contributed by atoms with Crippen LogP contribution in [-0.4, -0.2) is 28.2 Å². The number of nitrogens with one attached hydrogen (secondary N) is 2. The molecule has 26 heavy (non-hydrogen) atoms. The van der Waals surface area contributed by atoms with Crippen LogP contribution in [-0.2, 0) is 6.54 Å². The summed E-state index contributed by atoms with van der Waals surface area (Å²) in [5.74, 6) is 4.56. The molecule has 3 heterocycles. The van der Waals surface area contributed by atoms with Crippen LogP contribution in [0.5, 0.6) is 0 Å². The number of hydrogen-bond acceptors (Lipinski definition) is 5. The summed E-state index contributed by atoms with van der Waals surface area (Å²) in [4.78, 5) is 11.5. The van der Waals surface area contributed by atoms with Crippen molar-refractivity contribution in [2.45, 2.75) is 40.7 Å². The molecule has 2 aromatic heterocycles. The zero-order valence-electron chi connectivity index (χ0n) is 15.9. The van der Waals surface area contributed by atoms with Gasteiger partial charge in [-0.3, -0.25) is 0 Å². The van der Waals surface area contributed by atoms with Crippen LogP contribution in [0.1, 0.15) is 37.5 Å². The van der Waals surface area contributed by atoms with Gasteiger partial charge in [0.1, 0.15) is 17.3 Å². The van der Waals surface area contributed by atoms with Crippen LogP contribution < -0.4 is 15.5 Å². The molecule has 1 aliphatic heterocycles. The summed E-state index contributed by atoms with van der Waals surface area (Å²) >= 11 is 5.36. The molecule has 0 aromatic carbocycles. The van der Waals surface area contributed by atoms with Crippen molar-refractivity contribution in [3.63, 3.8) is 0 Å².